The van der Waals surface area contributed by atoms with Gasteiger partial charge in [0, 0.05) is 6.07 Å². The van der Waals surface area contributed by atoms with Crippen molar-refractivity contribution in [3.05, 3.63) is 46.3 Å². The Hall–Kier alpha value is -2.34. The topological polar surface area (TPSA) is 92.4 Å². The third kappa shape index (κ3) is 2.74. The van der Waals surface area contributed by atoms with Gasteiger partial charge < -0.3 is 14.9 Å². The maximum atomic E-state index is 11.9. The first-order valence-electron chi connectivity index (χ1n) is 5.25. The van der Waals surface area contributed by atoms with Crippen LogP contribution >= 0.6 is 11.6 Å². The molecule has 1 aromatic carbocycles. The summed E-state index contributed by atoms with van der Waals surface area (Å²) in [5.41, 5.74) is 0.468. The summed E-state index contributed by atoms with van der Waals surface area (Å²) in [6.45, 7) is 1.67. The zero-order valence-corrected chi connectivity index (χ0v) is 10.6. The Bertz CT molecular complexity index is 651. The second-order valence-electron chi connectivity index (χ2n) is 3.75. The van der Waals surface area contributed by atoms with Gasteiger partial charge in [0.15, 0.2) is 0 Å². The number of anilines is 1. The summed E-state index contributed by atoms with van der Waals surface area (Å²) in [6, 6.07) is 5.75. The predicted octanol–water partition coefficient (Wildman–Crippen LogP) is 2.59. The molecule has 0 saturated heterocycles. The highest BCUT2D eigenvalue weighted by atomic mass is 35.5. The summed E-state index contributed by atoms with van der Waals surface area (Å²) in [6.07, 6.45) is 0. The number of nitrogens with zero attached hydrogens (tertiary/aromatic N) is 1. The molecule has 2 N–H and O–H groups in total. The van der Waals surface area contributed by atoms with E-state index in [0.717, 1.165) is 0 Å². The number of para-hydroxylation sites is 1. The quantitative estimate of drug-likeness (QED) is 0.901. The van der Waals surface area contributed by atoms with Crippen molar-refractivity contribution in [3.8, 4) is 0 Å². The van der Waals surface area contributed by atoms with Crippen LogP contribution in [-0.4, -0.2) is 22.1 Å². The molecule has 0 bridgehead atoms. The molecule has 0 aliphatic heterocycles. The Morgan fingerprint density at radius 3 is 2.74 bits per heavy atom. The number of carboxylic acid groups (broad SMARTS) is 1. The summed E-state index contributed by atoms with van der Waals surface area (Å²) < 4.78 is 4.79. The summed E-state index contributed by atoms with van der Waals surface area (Å²) in [5, 5.41) is 15.1. The van der Waals surface area contributed by atoms with E-state index in [1.807, 2.05) is 0 Å². The maximum absolute atomic E-state index is 11.9. The standard InChI is InChI=1S/C12H9ClN2O4/c1-6-5-9(19-15-6)11(16)14-10-7(12(17)18)3-2-4-8(10)13/h2-5H,1H3,(H,14,16)(H,17,18). The van der Waals surface area contributed by atoms with Crippen molar-refractivity contribution >= 4 is 29.2 Å². The molecule has 98 valence electrons. The number of aromatic nitrogens is 1. The van der Waals surface area contributed by atoms with E-state index in [2.05, 4.69) is 10.5 Å². The minimum atomic E-state index is -1.19. The highest BCUT2D eigenvalue weighted by Gasteiger charge is 2.18. The first-order valence-corrected chi connectivity index (χ1v) is 5.63. The predicted molar refractivity (Wildman–Crippen MR) is 67.6 cm³/mol. The molecule has 0 atom stereocenters. The lowest BCUT2D eigenvalue weighted by atomic mass is 10.1. The van der Waals surface area contributed by atoms with Gasteiger partial charge in [0.2, 0.25) is 5.76 Å². The molecular weight excluding hydrogens is 272 g/mol. The van der Waals surface area contributed by atoms with Gasteiger partial charge in [-0.05, 0) is 19.1 Å². The summed E-state index contributed by atoms with van der Waals surface area (Å²) in [4.78, 5) is 22.9. The molecule has 0 spiro atoms. The molecule has 0 radical (unpaired) electrons. The molecular formula is C12H9ClN2O4. The summed E-state index contributed by atoms with van der Waals surface area (Å²) in [5.74, 6) is -1.82. The number of aromatic carboxylic acids is 1. The van der Waals surface area contributed by atoms with Crippen LogP contribution in [0.2, 0.25) is 5.02 Å². The third-order valence-corrected chi connectivity index (χ3v) is 2.65. The van der Waals surface area contributed by atoms with E-state index in [0.29, 0.717) is 5.69 Å². The Morgan fingerprint density at radius 2 is 2.16 bits per heavy atom. The molecule has 19 heavy (non-hydrogen) atoms. The van der Waals surface area contributed by atoms with E-state index in [9.17, 15) is 9.59 Å². The first kappa shape index (κ1) is 13.1. The summed E-state index contributed by atoms with van der Waals surface area (Å²) >= 11 is 5.89. The van der Waals surface area contributed by atoms with Gasteiger partial charge in [0.1, 0.15) is 0 Å². The molecule has 0 aliphatic carbocycles. The van der Waals surface area contributed by atoms with E-state index in [1.54, 1.807) is 6.92 Å². The number of nitrogens with one attached hydrogen (secondary N) is 1. The molecule has 1 amide bonds. The highest BCUT2D eigenvalue weighted by molar-refractivity contribution is 6.34. The number of halogens is 1. The monoisotopic (exact) mass is 280 g/mol. The second kappa shape index (κ2) is 5.11. The van der Waals surface area contributed by atoms with E-state index in [4.69, 9.17) is 21.2 Å². The van der Waals surface area contributed by atoms with Gasteiger partial charge in [-0.25, -0.2) is 4.79 Å². The Balaban J connectivity index is 2.33. The maximum Gasteiger partial charge on any atom is 0.337 e. The van der Waals surface area contributed by atoms with E-state index in [-0.39, 0.29) is 22.0 Å². The molecule has 6 nitrogen and oxygen atoms in total. The van der Waals surface area contributed by atoms with Crippen molar-refractivity contribution in [2.45, 2.75) is 6.92 Å². The lowest BCUT2D eigenvalue weighted by molar-refractivity contribution is 0.0698. The zero-order valence-electron chi connectivity index (χ0n) is 9.81. The number of benzene rings is 1. The fraction of sp³-hybridized carbons (Fsp3) is 0.0833. The van der Waals surface area contributed by atoms with Gasteiger partial charge in [-0.15, -0.1) is 0 Å². The Labute approximate surface area is 113 Å². The number of carboxylic acids is 1. The van der Waals surface area contributed by atoms with Crippen molar-refractivity contribution < 1.29 is 19.2 Å². The number of hydrogen-bond donors (Lipinski definition) is 2. The molecule has 2 rings (SSSR count). The minimum absolute atomic E-state index is 0.0197. The highest BCUT2D eigenvalue weighted by Crippen LogP contribution is 2.26. The molecule has 0 saturated carbocycles. The van der Waals surface area contributed by atoms with Crippen molar-refractivity contribution in [1.82, 2.24) is 5.16 Å². The number of rotatable bonds is 3. The fourth-order valence-corrected chi connectivity index (χ4v) is 1.70. The average molecular weight is 281 g/mol. The molecule has 2 aromatic rings. The van der Waals surface area contributed by atoms with Gasteiger partial charge in [-0.3, -0.25) is 4.79 Å². The van der Waals surface area contributed by atoms with Crippen LogP contribution in [-0.2, 0) is 0 Å². The lowest BCUT2D eigenvalue weighted by Gasteiger charge is -2.08. The van der Waals surface area contributed by atoms with E-state index < -0.39 is 11.9 Å². The second-order valence-corrected chi connectivity index (χ2v) is 4.16. The van der Waals surface area contributed by atoms with Gasteiger partial charge in [0.25, 0.3) is 5.91 Å². The number of hydrogen-bond acceptors (Lipinski definition) is 4. The number of carbonyl (C=O) groups excluding carboxylic acids is 1. The van der Waals surface area contributed by atoms with Crippen LogP contribution in [0.15, 0.2) is 28.8 Å². The normalized spacial score (nSPS) is 10.2. The van der Waals surface area contributed by atoms with E-state index in [1.165, 1.54) is 24.3 Å². The van der Waals surface area contributed by atoms with Crippen molar-refractivity contribution in [2.24, 2.45) is 0 Å². The van der Waals surface area contributed by atoms with Crippen LogP contribution in [0.5, 0.6) is 0 Å². The van der Waals surface area contributed by atoms with Crippen LogP contribution in [0.3, 0.4) is 0 Å². The van der Waals surface area contributed by atoms with Crippen LogP contribution in [0, 0.1) is 6.92 Å². The molecule has 7 heteroatoms. The molecule has 0 fully saturated rings. The minimum Gasteiger partial charge on any atom is -0.478 e. The van der Waals surface area contributed by atoms with Gasteiger partial charge in [0.05, 0.1) is 22.0 Å². The first-order chi connectivity index (χ1) is 8.99. The van der Waals surface area contributed by atoms with Gasteiger partial charge in [-0.1, -0.05) is 22.8 Å². The molecule has 1 heterocycles. The van der Waals surface area contributed by atoms with Gasteiger partial charge >= 0.3 is 5.97 Å². The Morgan fingerprint density at radius 1 is 1.42 bits per heavy atom. The SMILES string of the molecule is Cc1cc(C(=O)Nc2c(Cl)cccc2C(=O)O)on1. The third-order valence-electron chi connectivity index (χ3n) is 2.33. The van der Waals surface area contributed by atoms with Crippen molar-refractivity contribution in [3.63, 3.8) is 0 Å². The van der Waals surface area contributed by atoms with Crippen LogP contribution in [0.4, 0.5) is 5.69 Å². The fourth-order valence-electron chi connectivity index (χ4n) is 1.48. The average Bonchev–Trinajstić information content (AvgIpc) is 2.78. The molecule has 0 aliphatic rings. The Kier molecular flexibility index (Phi) is 3.52. The van der Waals surface area contributed by atoms with Crippen LogP contribution < -0.4 is 5.32 Å². The van der Waals surface area contributed by atoms with Crippen LogP contribution in [0.25, 0.3) is 0 Å². The number of amides is 1. The molecule has 0 unspecified atom stereocenters. The van der Waals surface area contributed by atoms with Crippen molar-refractivity contribution in [1.29, 1.82) is 0 Å². The number of aryl methyl sites for hydroxylation is 1. The largest absolute Gasteiger partial charge is 0.478 e. The lowest BCUT2D eigenvalue weighted by Crippen LogP contribution is -2.14. The van der Waals surface area contributed by atoms with E-state index >= 15 is 0 Å². The van der Waals surface area contributed by atoms with Gasteiger partial charge in [-0.2, -0.15) is 0 Å². The summed E-state index contributed by atoms with van der Waals surface area (Å²) in [7, 11) is 0. The number of carbonyl (C=O) groups is 2. The zero-order chi connectivity index (χ0) is 14.0. The van der Waals surface area contributed by atoms with Crippen LogP contribution in [0.1, 0.15) is 26.6 Å². The van der Waals surface area contributed by atoms with Crippen molar-refractivity contribution in [2.75, 3.05) is 5.32 Å². The molecule has 1 aromatic heterocycles. The smallest absolute Gasteiger partial charge is 0.337 e.